The van der Waals surface area contributed by atoms with Crippen LogP contribution in [0.3, 0.4) is 0 Å². The molecule has 1 saturated heterocycles. The Morgan fingerprint density at radius 1 is 0.974 bits per heavy atom. The standard InChI is InChI=1S/C29H35N3O6S/c1-3-4-28(29(33)34)30-39(35,36)32-17-15-31(16-18-32)26-12-8-22(9-13-26)5-6-23-7-10-25-20-27(38-21-37-2)14-11-24(25)19-23/h5-14,19-20,28,30H,3-4,15-18,21H2,1-2H3,(H,33,34)/b6-5+/t28-/m0/s1. The average Bonchev–Trinajstić information content (AvgIpc) is 2.95. The van der Waals surface area contributed by atoms with Crippen LogP contribution in [-0.4, -0.2) is 69.9 Å². The Labute approximate surface area is 229 Å². The number of benzene rings is 3. The van der Waals surface area contributed by atoms with Gasteiger partial charge in [-0.25, -0.2) is 0 Å². The van der Waals surface area contributed by atoms with E-state index in [0.29, 0.717) is 19.5 Å². The fourth-order valence-corrected chi connectivity index (χ4v) is 5.89. The molecule has 0 aromatic heterocycles. The van der Waals surface area contributed by atoms with Crippen LogP contribution in [-0.2, 0) is 19.7 Å². The smallest absolute Gasteiger partial charge is 0.321 e. The van der Waals surface area contributed by atoms with Gasteiger partial charge in [0.25, 0.3) is 10.2 Å². The highest BCUT2D eigenvalue weighted by molar-refractivity contribution is 7.87. The van der Waals surface area contributed by atoms with Crippen LogP contribution in [0.15, 0.2) is 60.7 Å². The summed E-state index contributed by atoms with van der Waals surface area (Å²) in [7, 11) is -2.27. The van der Waals surface area contributed by atoms with Crippen molar-refractivity contribution < 1.29 is 27.8 Å². The molecule has 1 atom stereocenters. The largest absolute Gasteiger partial charge is 0.480 e. The maximum atomic E-state index is 12.7. The van der Waals surface area contributed by atoms with Crippen LogP contribution in [0.4, 0.5) is 5.69 Å². The number of carboxylic acid groups (broad SMARTS) is 1. The van der Waals surface area contributed by atoms with Crippen molar-refractivity contribution in [1.82, 2.24) is 9.03 Å². The Kier molecular flexibility index (Phi) is 9.58. The Morgan fingerprint density at radius 2 is 1.62 bits per heavy atom. The van der Waals surface area contributed by atoms with Gasteiger partial charge in [0.15, 0.2) is 6.79 Å². The van der Waals surface area contributed by atoms with Crippen molar-refractivity contribution in [1.29, 1.82) is 0 Å². The van der Waals surface area contributed by atoms with E-state index < -0.39 is 22.2 Å². The van der Waals surface area contributed by atoms with Gasteiger partial charge in [-0.2, -0.15) is 17.4 Å². The fraction of sp³-hybridized carbons (Fsp3) is 0.345. The molecule has 1 heterocycles. The molecule has 2 N–H and O–H groups in total. The molecular formula is C29H35N3O6S. The lowest BCUT2D eigenvalue weighted by atomic mass is 10.1. The van der Waals surface area contributed by atoms with E-state index in [4.69, 9.17) is 9.47 Å². The highest BCUT2D eigenvalue weighted by Crippen LogP contribution is 2.24. The van der Waals surface area contributed by atoms with Crippen molar-refractivity contribution >= 4 is 44.8 Å². The van der Waals surface area contributed by atoms with Crippen molar-refractivity contribution in [3.05, 3.63) is 71.8 Å². The minimum atomic E-state index is -3.86. The van der Waals surface area contributed by atoms with Crippen LogP contribution in [0.5, 0.6) is 5.75 Å². The third-order valence-electron chi connectivity index (χ3n) is 6.65. The van der Waals surface area contributed by atoms with E-state index >= 15 is 0 Å². The van der Waals surface area contributed by atoms with Gasteiger partial charge in [-0.1, -0.05) is 55.8 Å². The lowest BCUT2D eigenvalue weighted by Gasteiger charge is -2.35. The van der Waals surface area contributed by atoms with Gasteiger partial charge in [-0.15, -0.1) is 0 Å². The van der Waals surface area contributed by atoms with Gasteiger partial charge < -0.3 is 19.5 Å². The van der Waals surface area contributed by atoms with Crippen molar-refractivity contribution in [3.63, 3.8) is 0 Å². The monoisotopic (exact) mass is 553 g/mol. The summed E-state index contributed by atoms with van der Waals surface area (Å²) in [5, 5.41) is 11.5. The molecule has 0 radical (unpaired) electrons. The molecule has 3 aromatic rings. The molecule has 0 aliphatic carbocycles. The Balaban J connectivity index is 1.33. The normalized spacial score (nSPS) is 15.6. The first kappa shape index (κ1) is 28.6. The molecule has 1 aliphatic rings. The van der Waals surface area contributed by atoms with Crippen LogP contribution < -0.4 is 14.4 Å². The van der Waals surface area contributed by atoms with E-state index in [2.05, 4.69) is 40.0 Å². The van der Waals surface area contributed by atoms with Crippen molar-refractivity contribution in [2.24, 2.45) is 0 Å². The highest BCUT2D eigenvalue weighted by Gasteiger charge is 2.31. The highest BCUT2D eigenvalue weighted by atomic mass is 32.2. The molecule has 1 aliphatic heterocycles. The predicted molar refractivity (Wildman–Crippen MR) is 154 cm³/mol. The van der Waals surface area contributed by atoms with Crippen LogP contribution in [0, 0.1) is 0 Å². The van der Waals surface area contributed by atoms with Gasteiger partial charge in [0.05, 0.1) is 0 Å². The Hall–Kier alpha value is -3.44. The summed E-state index contributed by atoms with van der Waals surface area (Å²) < 4.78 is 39.5. The molecule has 0 bridgehead atoms. The number of nitrogens with zero attached hydrogens (tertiary/aromatic N) is 2. The van der Waals surface area contributed by atoms with Gasteiger partial charge in [-0.05, 0) is 58.7 Å². The number of piperazine rings is 1. The molecule has 0 amide bonds. The zero-order chi connectivity index (χ0) is 27.8. The summed E-state index contributed by atoms with van der Waals surface area (Å²) >= 11 is 0. The van der Waals surface area contributed by atoms with Crippen LogP contribution >= 0.6 is 0 Å². The summed E-state index contributed by atoms with van der Waals surface area (Å²) in [5.74, 6) is -0.387. The molecule has 0 saturated carbocycles. The van der Waals surface area contributed by atoms with Gasteiger partial charge in [0.2, 0.25) is 0 Å². The Bertz CT molecular complexity index is 1400. The van der Waals surface area contributed by atoms with Crippen LogP contribution in [0.1, 0.15) is 30.9 Å². The van der Waals surface area contributed by atoms with Crippen molar-refractivity contribution in [2.75, 3.05) is 45.0 Å². The zero-order valence-electron chi connectivity index (χ0n) is 22.2. The molecule has 39 heavy (non-hydrogen) atoms. The molecular weight excluding hydrogens is 518 g/mol. The van der Waals surface area contributed by atoms with Crippen LogP contribution in [0.25, 0.3) is 22.9 Å². The maximum Gasteiger partial charge on any atom is 0.321 e. The summed E-state index contributed by atoms with van der Waals surface area (Å²) in [6.45, 7) is 3.67. The van der Waals surface area contributed by atoms with Crippen LogP contribution in [0.2, 0.25) is 0 Å². The summed E-state index contributed by atoms with van der Waals surface area (Å²) in [4.78, 5) is 13.5. The molecule has 1 fully saturated rings. The number of aliphatic carboxylic acids is 1. The molecule has 9 nitrogen and oxygen atoms in total. The molecule has 4 rings (SSSR count). The first-order chi connectivity index (χ1) is 18.8. The van der Waals surface area contributed by atoms with E-state index in [1.165, 1.54) is 4.31 Å². The maximum absolute atomic E-state index is 12.7. The third-order valence-corrected chi connectivity index (χ3v) is 8.28. The quantitative estimate of drug-likeness (QED) is 0.256. The number of anilines is 1. The molecule has 0 spiro atoms. The first-order valence-electron chi connectivity index (χ1n) is 13.0. The number of ether oxygens (including phenoxy) is 2. The number of fused-ring (bicyclic) bond motifs is 1. The van der Waals surface area contributed by atoms with Gasteiger partial charge in [0.1, 0.15) is 11.8 Å². The lowest BCUT2D eigenvalue weighted by molar-refractivity contribution is -0.139. The minimum Gasteiger partial charge on any atom is -0.480 e. The second-order valence-electron chi connectivity index (χ2n) is 9.43. The third kappa shape index (κ3) is 7.57. The van der Waals surface area contributed by atoms with E-state index in [9.17, 15) is 18.3 Å². The summed E-state index contributed by atoms with van der Waals surface area (Å²) in [6, 6.07) is 19.3. The number of carbonyl (C=O) groups is 1. The number of rotatable bonds is 12. The van der Waals surface area contributed by atoms with E-state index in [-0.39, 0.29) is 26.3 Å². The van der Waals surface area contributed by atoms with Gasteiger partial charge in [-0.3, -0.25) is 4.79 Å². The SMILES string of the molecule is CCC[C@H](NS(=O)(=O)N1CCN(c2ccc(/C=C/c3ccc4cc(OCOC)ccc4c3)cc2)CC1)C(=O)O. The molecule has 0 unspecified atom stereocenters. The average molecular weight is 554 g/mol. The van der Waals surface area contributed by atoms with Crippen molar-refractivity contribution in [3.8, 4) is 5.75 Å². The lowest BCUT2D eigenvalue weighted by Crippen LogP contribution is -2.54. The number of hydrogen-bond donors (Lipinski definition) is 2. The second-order valence-corrected chi connectivity index (χ2v) is 11.1. The first-order valence-corrected chi connectivity index (χ1v) is 14.4. The minimum absolute atomic E-state index is 0.217. The van der Waals surface area contributed by atoms with E-state index in [1.807, 2.05) is 49.4 Å². The summed E-state index contributed by atoms with van der Waals surface area (Å²) in [5.41, 5.74) is 3.17. The van der Waals surface area contributed by atoms with E-state index in [1.54, 1.807) is 7.11 Å². The Morgan fingerprint density at radius 3 is 2.28 bits per heavy atom. The molecule has 10 heteroatoms. The predicted octanol–water partition coefficient (Wildman–Crippen LogP) is 4.20. The summed E-state index contributed by atoms with van der Waals surface area (Å²) in [6.07, 6.45) is 4.96. The number of carboxylic acids is 1. The zero-order valence-corrected chi connectivity index (χ0v) is 23.1. The van der Waals surface area contributed by atoms with Crippen molar-refractivity contribution in [2.45, 2.75) is 25.8 Å². The topological polar surface area (TPSA) is 108 Å². The number of methoxy groups -OCH3 is 1. The number of hydrogen-bond acceptors (Lipinski definition) is 6. The fourth-order valence-electron chi connectivity index (χ4n) is 4.51. The second kappa shape index (κ2) is 13.1. The molecule has 3 aromatic carbocycles. The van der Waals surface area contributed by atoms with Gasteiger partial charge >= 0.3 is 5.97 Å². The number of nitrogens with one attached hydrogen (secondary N) is 1. The molecule has 208 valence electrons. The van der Waals surface area contributed by atoms with Gasteiger partial charge in [0, 0.05) is 39.0 Å². The van der Waals surface area contributed by atoms with E-state index in [0.717, 1.165) is 33.3 Å².